The molecule has 1 amide bonds. The molecular formula is C15H19BrFNO2. The molecule has 0 saturated carbocycles. The second-order valence-corrected chi connectivity index (χ2v) is 5.80. The van der Waals surface area contributed by atoms with E-state index < -0.39 is 0 Å². The van der Waals surface area contributed by atoms with Crippen molar-refractivity contribution in [3.63, 3.8) is 0 Å². The molecule has 0 bridgehead atoms. The third-order valence-electron chi connectivity index (χ3n) is 3.58. The Morgan fingerprint density at radius 3 is 2.75 bits per heavy atom. The summed E-state index contributed by atoms with van der Waals surface area (Å²) in [4.78, 5) is 14.2. The molecule has 2 rings (SSSR count). The molecule has 0 unspecified atom stereocenters. The largest absolute Gasteiger partial charge is 0.377 e. The molecule has 20 heavy (non-hydrogen) atoms. The number of nitrogens with zero attached hydrogens (tertiary/aromatic N) is 1. The van der Waals surface area contributed by atoms with E-state index in [4.69, 9.17) is 4.74 Å². The maximum absolute atomic E-state index is 13.1. The van der Waals surface area contributed by atoms with Gasteiger partial charge in [-0.05, 0) is 43.5 Å². The van der Waals surface area contributed by atoms with Crippen LogP contribution in [0.1, 0.15) is 28.8 Å². The van der Waals surface area contributed by atoms with Gasteiger partial charge in [-0.2, -0.15) is 0 Å². The van der Waals surface area contributed by atoms with Gasteiger partial charge in [-0.3, -0.25) is 4.79 Å². The van der Waals surface area contributed by atoms with Crippen LogP contribution >= 0.6 is 15.9 Å². The topological polar surface area (TPSA) is 29.5 Å². The maximum Gasteiger partial charge on any atom is 0.254 e. The fraction of sp³-hybridized carbons (Fsp3) is 0.533. The third-order valence-corrected chi connectivity index (χ3v) is 3.90. The number of carbonyl (C=O) groups is 1. The van der Waals surface area contributed by atoms with Gasteiger partial charge in [0.25, 0.3) is 5.91 Å². The Morgan fingerprint density at radius 1 is 1.45 bits per heavy atom. The molecule has 0 spiro atoms. The van der Waals surface area contributed by atoms with Crippen molar-refractivity contribution < 1.29 is 13.9 Å². The first-order valence-electron chi connectivity index (χ1n) is 6.85. The Morgan fingerprint density at radius 2 is 2.15 bits per heavy atom. The number of rotatable bonds is 4. The number of hydrogen-bond acceptors (Lipinski definition) is 2. The Kier molecular flexibility index (Phi) is 5.54. The number of likely N-dealkylation sites (tertiary alicyclic amines) is 1. The molecule has 110 valence electrons. The van der Waals surface area contributed by atoms with Crippen molar-refractivity contribution in [2.75, 3.05) is 25.0 Å². The minimum Gasteiger partial charge on any atom is -0.377 e. The van der Waals surface area contributed by atoms with E-state index in [0.717, 1.165) is 18.2 Å². The van der Waals surface area contributed by atoms with Crippen molar-refractivity contribution in [3.8, 4) is 0 Å². The van der Waals surface area contributed by atoms with Gasteiger partial charge in [0.15, 0.2) is 0 Å². The van der Waals surface area contributed by atoms with Crippen LogP contribution in [0.5, 0.6) is 0 Å². The fourth-order valence-electron chi connectivity index (χ4n) is 2.47. The average molecular weight is 344 g/mol. The lowest BCUT2D eigenvalue weighted by Gasteiger charge is -2.32. The molecule has 1 aromatic carbocycles. The van der Waals surface area contributed by atoms with E-state index >= 15 is 0 Å². The van der Waals surface area contributed by atoms with Crippen LogP contribution < -0.4 is 0 Å². The van der Waals surface area contributed by atoms with Crippen LogP contribution in [0.25, 0.3) is 0 Å². The predicted molar refractivity (Wildman–Crippen MR) is 79.8 cm³/mol. The summed E-state index contributed by atoms with van der Waals surface area (Å²) in [6.07, 6.45) is 1.96. The van der Waals surface area contributed by atoms with E-state index in [9.17, 15) is 9.18 Å². The molecule has 0 N–H and O–H groups in total. The third kappa shape index (κ3) is 3.79. The van der Waals surface area contributed by atoms with Crippen LogP contribution in [0.15, 0.2) is 18.2 Å². The van der Waals surface area contributed by atoms with Gasteiger partial charge >= 0.3 is 0 Å². The molecule has 5 heteroatoms. The Labute approximate surface area is 127 Å². The molecule has 0 atom stereocenters. The summed E-state index contributed by atoms with van der Waals surface area (Å²) in [5.74, 6) is -0.317. The summed E-state index contributed by atoms with van der Waals surface area (Å²) in [5.41, 5.74) is 1.28. The maximum atomic E-state index is 13.1. The van der Waals surface area contributed by atoms with E-state index in [1.54, 1.807) is 13.0 Å². The van der Waals surface area contributed by atoms with Crippen molar-refractivity contribution in [1.29, 1.82) is 0 Å². The number of ether oxygens (including phenoxy) is 1. The van der Waals surface area contributed by atoms with Crippen LogP contribution in [-0.4, -0.2) is 41.9 Å². The van der Waals surface area contributed by atoms with Crippen LogP contribution in [0, 0.1) is 12.7 Å². The zero-order valence-corrected chi connectivity index (χ0v) is 13.2. The Balaban J connectivity index is 1.94. The van der Waals surface area contributed by atoms with Crippen molar-refractivity contribution in [2.45, 2.75) is 25.9 Å². The molecular weight excluding hydrogens is 325 g/mol. The number of halogens is 2. The van der Waals surface area contributed by atoms with Crippen molar-refractivity contribution in [3.05, 3.63) is 35.1 Å². The monoisotopic (exact) mass is 343 g/mol. The molecule has 0 aliphatic carbocycles. The van der Waals surface area contributed by atoms with Crippen LogP contribution in [-0.2, 0) is 4.74 Å². The highest BCUT2D eigenvalue weighted by Crippen LogP contribution is 2.18. The van der Waals surface area contributed by atoms with Crippen LogP contribution in [0.3, 0.4) is 0 Å². The first-order chi connectivity index (χ1) is 9.61. The molecule has 1 heterocycles. The predicted octanol–water partition coefficient (Wildman–Crippen LogP) is 3.15. The zero-order chi connectivity index (χ0) is 14.5. The first-order valence-corrected chi connectivity index (χ1v) is 7.97. The van der Waals surface area contributed by atoms with Gasteiger partial charge in [-0.15, -0.1) is 0 Å². The molecule has 0 aromatic heterocycles. The number of amides is 1. The fourth-order valence-corrected chi connectivity index (χ4v) is 2.66. The number of aryl methyl sites for hydroxylation is 1. The Bertz CT molecular complexity index is 473. The minimum atomic E-state index is -0.305. The normalized spacial score (nSPS) is 16.4. The highest BCUT2D eigenvalue weighted by molar-refractivity contribution is 9.09. The van der Waals surface area contributed by atoms with Crippen molar-refractivity contribution in [2.24, 2.45) is 0 Å². The second-order valence-electron chi connectivity index (χ2n) is 5.01. The van der Waals surface area contributed by atoms with E-state index in [1.165, 1.54) is 12.1 Å². The smallest absolute Gasteiger partial charge is 0.254 e. The second kappa shape index (κ2) is 7.18. The van der Waals surface area contributed by atoms with Crippen LogP contribution in [0.2, 0.25) is 0 Å². The van der Waals surface area contributed by atoms with E-state index in [1.807, 2.05) is 4.90 Å². The standard InChI is InChI=1S/C15H19BrFNO2/c1-11-10-12(17)2-3-14(11)15(19)18-7-4-13(5-8-18)20-9-6-16/h2-3,10,13H,4-9H2,1H3. The molecule has 1 saturated heterocycles. The molecule has 1 fully saturated rings. The summed E-state index contributed by atoms with van der Waals surface area (Å²) in [6.45, 7) is 3.86. The molecule has 1 aliphatic heterocycles. The van der Waals surface area contributed by atoms with Gasteiger partial charge < -0.3 is 9.64 Å². The lowest BCUT2D eigenvalue weighted by Crippen LogP contribution is -2.41. The minimum absolute atomic E-state index is 0.0126. The number of alkyl halides is 1. The summed E-state index contributed by atoms with van der Waals surface area (Å²) >= 11 is 3.34. The van der Waals surface area contributed by atoms with Crippen molar-refractivity contribution in [1.82, 2.24) is 4.90 Å². The van der Waals surface area contributed by atoms with Gasteiger partial charge in [-0.1, -0.05) is 15.9 Å². The van der Waals surface area contributed by atoms with Crippen molar-refractivity contribution >= 4 is 21.8 Å². The van der Waals surface area contributed by atoms with Gasteiger partial charge in [0.2, 0.25) is 0 Å². The summed E-state index contributed by atoms with van der Waals surface area (Å²) < 4.78 is 18.7. The molecule has 1 aliphatic rings. The number of piperidine rings is 1. The van der Waals surface area contributed by atoms with Crippen LogP contribution in [0.4, 0.5) is 4.39 Å². The molecule has 1 aromatic rings. The average Bonchev–Trinajstić information content (AvgIpc) is 2.45. The highest BCUT2D eigenvalue weighted by atomic mass is 79.9. The summed E-state index contributed by atoms with van der Waals surface area (Å²) in [7, 11) is 0. The number of hydrogen-bond donors (Lipinski definition) is 0. The van der Waals surface area contributed by atoms with Gasteiger partial charge in [0.1, 0.15) is 5.82 Å². The van der Waals surface area contributed by atoms with E-state index in [-0.39, 0.29) is 17.8 Å². The van der Waals surface area contributed by atoms with E-state index in [0.29, 0.717) is 30.8 Å². The SMILES string of the molecule is Cc1cc(F)ccc1C(=O)N1CCC(OCCBr)CC1. The van der Waals surface area contributed by atoms with Gasteiger partial charge in [0.05, 0.1) is 12.7 Å². The quantitative estimate of drug-likeness (QED) is 0.786. The zero-order valence-electron chi connectivity index (χ0n) is 11.6. The summed E-state index contributed by atoms with van der Waals surface area (Å²) in [5, 5.41) is 0.834. The van der Waals surface area contributed by atoms with Gasteiger partial charge in [-0.25, -0.2) is 4.39 Å². The lowest BCUT2D eigenvalue weighted by molar-refractivity contribution is 0.0160. The number of benzene rings is 1. The summed E-state index contributed by atoms with van der Waals surface area (Å²) in [6, 6.07) is 4.31. The Hall–Kier alpha value is -0.940. The first kappa shape index (κ1) is 15.4. The number of carbonyl (C=O) groups excluding carboxylic acids is 1. The van der Waals surface area contributed by atoms with Gasteiger partial charge in [0, 0.05) is 24.0 Å². The molecule has 0 radical (unpaired) electrons. The highest BCUT2D eigenvalue weighted by Gasteiger charge is 2.24. The molecule has 3 nitrogen and oxygen atoms in total. The lowest BCUT2D eigenvalue weighted by atomic mass is 10.0. The van der Waals surface area contributed by atoms with E-state index in [2.05, 4.69) is 15.9 Å².